The maximum Gasteiger partial charge on any atom is 0.186 e. The van der Waals surface area contributed by atoms with E-state index in [9.17, 15) is 0 Å². The molecule has 8 heteroatoms. The summed E-state index contributed by atoms with van der Waals surface area (Å²) >= 11 is 3.37. The summed E-state index contributed by atoms with van der Waals surface area (Å²) in [7, 11) is 0. The first-order valence-electron chi connectivity index (χ1n) is 7.70. The molecule has 4 aromatic rings. The van der Waals surface area contributed by atoms with Gasteiger partial charge in [-0.1, -0.05) is 6.92 Å². The van der Waals surface area contributed by atoms with Gasteiger partial charge in [-0.2, -0.15) is 15.9 Å². The lowest BCUT2D eigenvalue weighted by Crippen LogP contribution is -2.09. The second-order valence-corrected chi connectivity index (χ2v) is 7.34. The third-order valence-electron chi connectivity index (χ3n) is 3.70. The van der Waals surface area contributed by atoms with E-state index in [1.165, 1.54) is 4.88 Å². The predicted octanol–water partition coefficient (Wildman–Crippen LogP) is 4.04. The van der Waals surface area contributed by atoms with E-state index in [2.05, 4.69) is 39.4 Å². The Kier molecular flexibility index (Phi) is 3.99. The average molecular weight is 356 g/mol. The van der Waals surface area contributed by atoms with Crippen molar-refractivity contribution in [3.05, 3.63) is 45.0 Å². The minimum atomic E-state index is 0.0985. The zero-order valence-electron chi connectivity index (χ0n) is 13.3. The number of hydrogen-bond donors (Lipinski definition) is 1. The Hall–Kier alpha value is -2.32. The molecule has 0 amide bonds. The van der Waals surface area contributed by atoms with E-state index in [4.69, 9.17) is 0 Å². The van der Waals surface area contributed by atoms with Crippen LogP contribution in [0.5, 0.6) is 0 Å². The van der Waals surface area contributed by atoms with Crippen LogP contribution in [0, 0.1) is 0 Å². The smallest absolute Gasteiger partial charge is 0.186 e. The van der Waals surface area contributed by atoms with Crippen molar-refractivity contribution in [1.82, 2.24) is 24.8 Å². The van der Waals surface area contributed by atoms with E-state index >= 15 is 0 Å². The average Bonchev–Trinajstić information content (AvgIpc) is 3.33. The van der Waals surface area contributed by atoms with Crippen molar-refractivity contribution >= 4 is 34.1 Å². The Labute approximate surface area is 147 Å². The second-order valence-electron chi connectivity index (χ2n) is 5.41. The number of hydrogen-bond acceptors (Lipinski definition) is 7. The van der Waals surface area contributed by atoms with Gasteiger partial charge in [-0.25, -0.2) is 4.98 Å². The maximum absolute atomic E-state index is 4.65. The van der Waals surface area contributed by atoms with Crippen LogP contribution in [-0.4, -0.2) is 24.8 Å². The number of anilines is 1. The van der Waals surface area contributed by atoms with E-state index in [-0.39, 0.29) is 6.04 Å². The molecular formula is C16H16N6S2. The van der Waals surface area contributed by atoms with Crippen LogP contribution in [0.25, 0.3) is 17.0 Å². The normalized spacial score (nSPS) is 12.6. The second kappa shape index (κ2) is 6.29. The van der Waals surface area contributed by atoms with Crippen molar-refractivity contribution in [3.8, 4) is 11.4 Å². The summed E-state index contributed by atoms with van der Waals surface area (Å²) in [5.41, 5.74) is 1.76. The molecule has 0 saturated carbocycles. The van der Waals surface area contributed by atoms with Crippen molar-refractivity contribution in [2.75, 3.05) is 5.32 Å². The molecule has 0 aliphatic carbocycles. The van der Waals surface area contributed by atoms with Crippen LogP contribution in [0.3, 0.4) is 0 Å². The molecule has 4 heterocycles. The molecule has 0 radical (unpaired) electrons. The Morgan fingerprint density at radius 2 is 2.17 bits per heavy atom. The molecule has 0 saturated heterocycles. The van der Waals surface area contributed by atoms with Crippen LogP contribution in [0.15, 0.2) is 35.2 Å². The number of thiophene rings is 1. The van der Waals surface area contributed by atoms with Crippen molar-refractivity contribution < 1.29 is 0 Å². The molecular weight excluding hydrogens is 340 g/mol. The van der Waals surface area contributed by atoms with Gasteiger partial charge in [0.15, 0.2) is 11.5 Å². The molecule has 0 fully saturated rings. The zero-order valence-corrected chi connectivity index (χ0v) is 14.9. The quantitative estimate of drug-likeness (QED) is 0.584. The van der Waals surface area contributed by atoms with Crippen LogP contribution in [0.2, 0.25) is 0 Å². The summed E-state index contributed by atoms with van der Waals surface area (Å²) in [6.07, 6.45) is 2.96. The topological polar surface area (TPSA) is 68.0 Å². The molecule has 0 bridgehead atoms. The summed E-state index contributed by atoms with van der Waals surface area (Å²) in [6.45, 7) is 4.24. The number of aryl methyl sites for hydroxylation is 1. The number of aromatic nitrogens is 5. The Bertz CT molecular complexity index is 956. The highest BCUT2D eigenvalue weighted by atomic mass is 32.1. The van der Waals surface area contributed by atoms with Crippen molar-refractivity contribution in [2.24, 2.45) is 0 Å². The Morgan fingerprint density at radius 3 is 2.92 bits per heavy atom. The molecule has 6 nitrogen and oxygen atoms in total. The van der Waals surface area contributed by atoms with Gasteiger partial charge in [-0.3, -0.25) is 0 Å². The summed E-state index contributed by atoms with van der Waals surface area (Å²) in [4.78, 5) is 5.78. The van der Waals surface area contributed by atoms with Gasteiger partial charge >= 0.3 is 0 Å². The monoisotopic (exact) mass is 356 g/mol. The molecule has 0 spiro atoms. The first kappa shape index (κ1) is 15.2. The molecule has 4 aromatic heterocycles. The lowest BCUT2D eigenvalue weighted by molar-refractivity contribution is 0.837. The van der Waals surface area contributed by atoms with Crippen LogP contribution in [-0.2, 0) is 6.42 Å². The third kappa shape index (κ3) is 2.78. The van der Waals surface area contributed by atoms with Gasteiger partial charge in [0.25, 0.3) is 0 Å². The summed E-state index contributed by atoms with van der Waals surface area (Å²) in [5.74, 6) is 1.53. The molecule has 1 atom stereocenters. The SMILES string of the molecule is CCc1cnc(C(C)Nc2ccc3nnc(-c4ccsc4)n3n2)s1. The lowest BCUT2D eigenvalue weighted by atomic mass is 10.3. The third-order valence-corrected chi connectivity index (χ3v) is 5.70. The Morgan fingerprint density at radius 1 is 1.25 bits per heavy atom. The number of nitrogens with zero attached hydrogens (tertiary/aromatic N) is 5. The van der Waals surface area contributed by atoms with Gasteiger partial charge in [0.2, 0.25) is 0 Å². The van der Waals surface area contributed by atoms with Gasteiger partial charge < -0.3 is 5.32 Å². The first-order valence-corrected chi connectivity index (χ1v) is 9.46. The molecule has 0 aromatic carbocycles. The number of rotatable bonds is 5. The van der Waals surface area contributed by atoms with E-state index in [1.807, 2.05) is 35.2 Å². The number of fused-ring (bicyclic) bond motifs is 1. The van der Waals surface area contributed by atoms with Gasteiger partial charge in [0.05, 0.1) is 6.04 Å². The van der Waals surface area contributed by atoms with Crippen LogP contribution >= 0.6 is 22.7 Å². The molecule has 122 valence electrons. The number of thiazole rings is 1. The minimum absolute atomic E-state index is 0.0985. The van der Waals surface area contributed by atoms with Gasteiger partial charge in [0, 0.05) is 22.0 Å². The summed E-state index contributed by atoms with van der Waals surface area (Å²) in [5, 5.41) is 21.6. The summed E-state index contributed by atoms with van der Waals surface area (Å²) in [6, 6.07) is 5.96. The van der Waals surface area contributed by atoms with Crippen LogP contribution in [0.4, 0.5) is 5.82 Å². The molecule has 0 aliphatic heterocycles. The highest BCUT2D eigenvalue weighted by Crippen LogP contribution is 2.24. The highest BCUT2D eigenvalue weighted by molar-refractivity contribution is 7.11. The van der Waals surface area contributed by atoms with Crippen molar-refractivity contribution in [2.45, 2.75) is 26.3 Å². The fourth-order valence-electron chi connectivity index (χ4n) is 2.41. The molecule has 1 N–H and O–H groups in total. The highest BCUT2D eigenvalue weighted by Gasteiger charge is 2.13. The van der Waals surface area contributed by atoms with Crippen molar-refractivity contribution in [3.63, 3.8) is 0 Å². The molecule has 0 aliphatic rings. The van der Waals surface area contributed by atoms with E-state index < -0.39 is 0 Å². The predicted molar refractivity (Wildman–Crippen MR) is 97.6 cm³/mol. The fraction of sp³-hybridized carbons (Fsp3) is 0.250. The fourth-order valence-corrected chi connectivity index (χ4v) is 3.90. The van der Waals surface area contributed by atoms with Gasteiger partial charge in [0.1, 0.15) is 10.8 Å². The number of nitrogens with one attached hydrogen (secondary N) is 1. The van der Waals surface area contributed by atoms with E-state index in [0.29, 0.717) is 0 Å². The molecule has 4 rings (SSSR count). The van der Waals surface area contributed by atoms with E-state index in [1.54, 1.807) is 27.2 Å². The largest absolute Gasteiger partial charge is 0.360 e. The maximum atomic E-state index is 4.65. The first-order chi connectivity index (χ1) is 11.7. The molecule has 1 unspecified atom stereocenters. The van der Waals surface area contributed by atoms with Crippen molar-refractivity contribution in [1.29, 1.82) is 0 Å². The lowest BCUT2D eigenvalue weighted by Gasteiger charge is -2.11. The Balaban J connectivity index is 1.63. The molecule has 24 heavy (non-hydrogen) atoms. The van der Waals surface area contributed by atoms with Crippen LogP contribution in [0.1, 0.15) is 29.8 Å². The minimum Gasteiger partial charge on any atom is -0.360 e. The van der Waals surface area contributed by atoms with Gasteiger partial charge in [-0.05, 0) is 36.9 Å². The standard InChI is InChI=1S/C16H16N6S2/c1-3-12-8-17-16(24-12)10(2)18-13-4-5-14-19-20-15(22(14)21-13)11-6-7-23-9-11/h4-10H,3H2,1-2H3,(H,18,21). The van der Waals surface area contributed by atoms with Gasteiger partial charge in [-0.15, -0.1) is 26.6 Å². The van der Waals surface area contributed by atoms with E-state index in [0.717, 1.165) is 34.3 Å². The summed E-state index contributed by atoms with van der Waals surface area (Å²) < 4.78 is 1.77. The van der Waals surface area contributed by atoms with Crippen LogP contribution < -0.4 is 5.32 Å². The zero-order chi connectivity index (χ0) is 16.5.